The average molecular weight is 540 g/mol. The fraction of sp³-hybridized carbons (Fsp3) is 0.414. The van der Waals surface area contributed by atoms with Gasteiger partial charge < -0.3 is 14.2 Å². The Labute approximate surface area is 216 Å². The zero-order chi connectivity index (χ0) is 25.0. The minimum Gasteiger partial charge on any atom is -0.444 e. The number of amides is 1. The number of carbonyl (C=O) groups is 1. The second-order valence-corrected chi connectivity index (χ2v) is 11.1. The molecule has 0 radical (unpaired) electrons. The second-order valence-electron chi connectivity index (χ2n) is 10.2. The fourth-order valence-electron chi connectivity index (χ4n) is 4.74. The maximum Gasteiger partial charge on any atom is 0.410 e. The zero-order valence-electron chi connectivity index (χ0n) is 20.9. The Hall–Kier alpha value is -2.41. The van der Waals surface area contributed by atoms with Crippen molar-refractivity contribution >= 4 is 32.8 Å². The van der Waals surface area contributed by atoms with Crippen LogP contribution in [0.2, 0.25) is 0 Å². The molecule has 6 heteroatoms. The molecular formula is C29H34BrNO4. The number of methoxy groups -OCH3 is 1. The van der Waals surface area contributed by atoms with E-state index >= 15 is 0 Å². The number of ether oxygens (including phenoxy) is 3. The molecule has 3 unspecified atom stereocenters. The van der Waals surface area contributed by atoms with Gasteiger partial charge in [0.15, 0.2) is 0 Å². The highest BCUT2D eigenvalue weighted by Gasteiger charge is 2.42. The maximum atomic E-state index is 13.4. The summed E-state index contributed by atoms with van der Waals surface area (Å²) < 4.78 is 18.9. The van der Waals surface area contributed by atoms with Crippen molar-refractivity contribution in [3.8, 4) is 0 Å². The summed E-state index contributed by atoms with van der Waals surface area (Å²) in [6.07, 6.45) is 0.260. The normalized spacial score (nSPS) is 20.7. The average Bonchev–Trinajstić information content (AvgIpc) is 2.82. The first-order valence-electron chi connectivity index (χ1n) is 12.1. The van der Waals surface area contributed by atoms with Crippen LogP contribution in [0.3, 0.4) is 0 Å². The molecule has 0 aromatic heterocycles. The highest BCUT2D eigenvalue weighted by atomic mass is 79.9. The summed E-state index contributed by atoms with van der Waals surface area (Å²) in [7, 11) is 1.70. The molecule has 0 spiro atoms. The summed E-state index contributed by atoms with van der Waals surface area (Å²) in [4.78, 5) is 15.2. The molecular weight excluding hydrogens is 506 g/mol. The summed E-state index contributed by atoms with van der Waals surface area (Å²) in [5, 5.41) is 2.40. The summed E-state index contributed by atoms with van der Waals surface area (Å²) in [5.74, 6) is 0.154. The summed E-state index contributed by atoms with van der Waals surface area (Å²) in [6.45, 7) is 7.25. The molecule has 1 heterocycles. The zero-order valence-corrected chi connectivity index (χ0v) is 22.5. The lowest BCUT2D eigenvalue weighted by atomic mass is 9.87. The van der Waals surface area contributed by atoms with Gasteiger partial charge in [-0.15, -0.1) is 0 Å². The van der Waals surface area contributed by atoms with Crippen molar-refractivity contribution in [2.24, 2.45) is 5.92 Å². The molecule has 1 aliphatic rings. The van der Waals surface area contributed by atoms with Crippen molar-refractivity contribution < 1.29 is 19.0 Å². The number of hydrogen-bond acceptors (Lipinski definition) is 4. The lowest BCUT2D eigenvalue weighted by Crippen LogP contribution is -2.51. The molecule has 0 bridgehead atoms. The second kappa shape index (κ2) is 11.1. The van der Waals surface area contributed by atoms with E-state index in [1.807, 2.05) is 49.9 Å². The van der Waals surface area contributed by atoms with Crippen LogP contribution >= 0.6 is 15.9 Å². The summed E-state index contributed by atoms with van der Waals surface area (Å²) in [6, 6.07) is 22.6. The molecule has 3 atom stereocenters. The molecule has 0 saturated carbocycles. The summed E-state index contributed by atoms with van der Waals surface area (Å²) in [5.41, 5.74) is 1.55. The first-order valence-corrected chi connectivity index (χ1v) is 12.9. The van der Waals surface area contributed by atoms with Crippen LogP contribution in [0.4, 0.5) is 4.79 Å². The van der Waals surface area contributed by atoms with Crippen LogP contribution in [-0.2, 0) is 20.8 Å². The lowest BCUT2D eigenvalue weighted by molar-refractivity contribution is -0.0826. The van der Waals surface area contributed by atoms with Crippen molar-refractivity contribution in [2.45, 2.75) is 51.5 Å². The van der Waals surface area contributed by atoms with Crippen LogP contribution in [0.5, 0.6) is 0 Å². The first-order chi connectivity index (χ1) is 16.7. The summed E-state index contributed by atoms with van der Waals surface area (Å²) >= 11 is 3.53. The van der Waals surface area contributed by atoms with Crippen molar-refractivity contribution in [1.29, 1.82) is 0 Å². The number of piperidine rings is 1. The van der Waals surface area contributed by atoms with E-state index in [-0.39, 0.29) is 24.2 Å². The molecule has 4 rings (SSSR count). The van der Waals surface area contributed by atoms with Gasteiger partial charge in [0.1, 0.15) is 5.60 Å². The van der Waals surface area contributed by atoms with Crippen LogP contribution in [0, 0.1) is 5.92 Å². The maximum absolute atomic E-state index is 13.4. The van der Waals surface area contributed by atoms with Gasteiger partial charge in [0.25, 0.3) is 0 Å². The molecule has 1 fully saturated rings. The number of likely N-dealkylation sites (tertiary alicyclic amines) is 1. The van der Waals surface area contributed by atoms with Gasteiger partial charge >= 0.3 is 6.09 Å². The lowest BCUT2D eigenvalue weighted by Gasteiger charge is -2.44. The van der Waals surface area contributed by atoms with Crippen molar-refractivity contribution in [2.75, 3.05) is 20.3 Å². The van der Waals surface area contributed by atoms with E-state index in [0.29, 0.717) is 19.8 Å². The third-order valence-corrected chi connectivity index (χ3v) is 6.76. The molecule has 3 aromatic carbocycles. The number of benzene rings is 3. The minimum absolute atomic E-state index is 0.154. The minimum atomic E-state index is -0.586. The van der Waals surface area contributed by atoms with E-state index in [4.69, 9.17) is 14.2 Å². The molecule has 35 heavy (non-hydrogen) atoms. The molecule has 0 N–H and O–H groups in total. The van der Waals surface area contributed by atoms with Gasteiger partial charge in [-0.1, -0.05) is 64.5 Å². The van der Waals surface area contributed by atoms with Crippen LogP contribution < -0.4 is 0 Å². The Balaban J connectivity index is 1.64. The molecule has 0 aliphatic carbocycles. The first kappa shape index (κ1) is 25.7. The van der Waals surface area contributed by atoms with E-state index in [9.17, 15) is 4.79 Å². The third-order valence-electron chi connectivity index (χ3n) is 6.23. The van der Waals surface area contributed by atoms with Crippen LogP contribution in [0.15, 0.2) is 71.2 Å². The topological polar surface area (TPSA) is 48.0 Å². The molecule has 1 amide bonds. The number of hydrogen-bond donors (Lipinski definition) is 0. The van der Waals surface area contributed by atoms with Crippen LogP contribution in [-0.4, -0.2) is 43.0 Å². The largest absolute Gasteiger partial charge is 0.444 e. The van der Waals surface area contributed by atoms with Crippen molar-refractivity contribution in [1.82, 2.24) is 4.90 Å². The fourth-order valence-corrected chi connectivity index (χ4v) is 5.00. The van der Waals surface area contributed by atoms with Gasteiger partial charge in [-0.2, -0.15) is 0 Å². The van der Waals surface area contributed by atoms with Crippen LogP contribution in [0.25, 0.3) is 10.8 Å². The molecule has 5 nitrogen and oxygen atoms in total. The number of fused-ring (bicyclic) bond motifs is 1. The standard InChI is InChI=1S/C29H34BrNO4/c1-29(2,3)35-28(32)31-17-21(18-33-4)16-26(27(31)23-11-13-25(30)14-12-23)34-19-20-9-10-22-7-5-6-8-24(22)15-20/h5-15,21,26-27H,16-19H2,1-4H3. The van der Waals surface area contributed by atoms with Crippen molar-refractivity contribution in [3.63, 3.8) is 0 Å². The Bertz CT molecular complexity index is 1140. The van der Waals surface area contributed by atoms with Gasteiger partial charge in [0.2, 0.25) is 0 Å². The van der Waals surface area contributed by atoms with E-state index in [1.54, 1.807) is 7.11 Å². The highest BCUT2D eigenvalue weighted by Crippen LogP contribution is 2.38. The number of carbonyl (C=O) groups excluding carboxylic acids is 1. The monoisotopic (exact) mass is 539 g/mol. The van der Waals surface area contributed by atoms with E-state index in [0.717, 1.165) is 22.0 Å². The Morgan fingerprint density at radius 1 is 1.03 bits per heavy atom. The van der Waals surface area contributed by atoms with Crippen LogP contribution in [0.1, 0.15) is 44.4 Å². The van der Waals surface area contributed by atoms with E-state index in [1.165, 1.54) is 10.8 Å². The molecule has 1 aliphatic heterocycles. The van der Waals surface area contributed by atoms with E-state index in [2.05, 4.69) is 58.4 Å². The Morgan fingerprint density at radius 3 is 2.43 bits per heavy atom. The predicted molar refractivity (Wildman–Crippen MR) is 142 cm³/mol. The Morgan fingerprint density at radius 2 is 1.74 bits per heavy atom. The third kappa shape index (κ3) is 6.63. The van der Waals surface area contributed by atoms with Gasteiger partial charge in [0, 0.05) is 24.0 Å². The number of nitrogens with zero attached hydrogens (tertiary/aromatic N) is 1. The van der Waals surface area contributed by atoms with Gasteiger partial charge in [-0.25, -0.2) is 4.79 Å². The van der Waals surface area contributed by atoms with Gasteiger partial charge in [0.05, 0.1) is 25.4 Å². The molecule has 1 saturated heterocycles. The molecule has 3 aromatic rings. The number of halogens is 1. The Kier molecular flexibility index (Phi) is 8.15. The van der Waals surface area contributed by atoms with Crippen molar-refractivity contribution in [3.05, 3.63) is 82.3 Å². The predicted octanol–water partition coefficient (Wildman–Crippen LogP) is 7.13. The van der Waals surface area contributed by atoms with Gasteiger partial charge in [-0.3, -0.25) is 4.90 Å². The van der Waals surface area contributed by atoms with Gasteiger partial charge in [-0.05, 0) is 67.3 Å². The number of rotatable bonds is 6. The smallest absolute Gasteiger partial charge is 0.410 e. The van der Waals surface area contributed by atoms with E-state index < -0.39 is 5.60 Å². The molecule has 186 valence electrons. The highest BCUT2D eigenvalue weighted by molar-refractivity contribution is 9.10. The quantitative estimate of drug-likeness (QED) is 0.334. The SMILES string of the molecule is COCC1CC(OCc2ccc3ccccc3c2)C(c2ccc(Br)cc2)N(C(=O)OC(C)(C)C)C1.